The predicted octanol–water partition coefficient (Wildman–Crippen LogP) is 4.77. The second-order valence-corrected chi connectivity index (χ2v) is 7.43. The molecule has 2 heterocycles. The Morgan fingerprint density at radius 2 is 1.64 bits per heavy atom. The number of thioether (sulfide) groups is 1. The van der Waals surface area contributed by atoms with E-state index in [1.54, 1.807) is 0 Å². The lowest BCUT2D eigenvalue weighted by atomic mass is 10.1. The maximum absolute atomic E-state index is 12.3. The molecular formula is C20H22N2O2S. The van der Waals surface area contributed by atoms with Gasteiger partial charge in [0.15, 0.2) is 0 Å². The molecule has 0 N–H and O–H groups in total. The molecule has 0 radical (unpaired) electrons. The van der Waals surface area contributed by atoms with Crippen LogP contribution in [0.1, 0.15) is 35.0 Å². The summed E-state index contributed by atoms with van der Waals surface area (Å²) in [5.74, 6) is -0.200. The summed E-state index contributed by atoms with van der Waals surface area (Å²) in [6.07, 6.45) is 1.84. The molecule has 130 valence electrons. The number of aryl methyl sites for hydroxylation is 3. The third-order valence-corrected chi connectivity index (χ3v) is 5.32. The number of likely N-dealkylation sites (N-methyl/N-ethyl adjacent to an activating group) is 1. The maximum atomic E-state index is 12.3. The number of carbonyl (C=O) groups is 2. The van der Waals surface area contributed by atoms with Gasteiger partial charge in [0.05, 0.1) is 4.91 Å². The van der Waals surface area contributed by atoms with Gasteiger partial charge in [-0.05, 0) is 87.3 Å². The van der Waals surface area contributed by atoms with Crippen molar-refractivity contribution in [2.75, 3.05) is 6.54 Å². The summed E-state index contributed by atoms with van der Waals surface area (Å²) in [5, 5.41) is -0.193. The second-order valence-electron chi connectivity index (χ2n) is 6.43. The molecule has 1 fully saturated rings. The molecule has 4 nitrogen and oxygen atoms in total. The quantitative estimate of drug-likeness (QED) is 0.746. The van der Waals surface area contributed by atoms with E-state index in [1.165, 1.54) is 16.0 Å². The molecule has 0 atom stereocenters. The van der Waals surface area contributed by atoms with Crippen molar-refractivity contribution in [3.8, 4) is 5.69 Å². The highest BCUT2D eigenvalue weighted by molar-refractivity contribution is 8.18. The number of benzene rings is 1. The zero-order valence-electron chi connectivity index (χ0n) is 15.2. The molecule has 2 aromatic rings. The lowest BCUT2D eigenvalue weighted by molar-refractivity contribution is -0.122. The molecule has 0 aliphatic carbocycles. The molecule has 5 heteroatoms. The summed E-state index contributed by atoms with van der Waals surface area (Å²) < 4.78 is 2.19. The molecule has 0 spiro atoms. The molecule has 1 aliphatic heterocycles. The van der Waals surface area contributed by atoms with Crippen molar-refractivity contribution in [2.45, 2.75) is 34.6 Å². The van der Waals surface area contributed by atoms with E-state index in [-0.39, 0.29) is 11.1 Å². The van der Waals surface area contributed by atoms with Gasteiger partial charge in [0.25, 0.3) is 11.1 Å². The van der Waals surface area contributed by atoms with E-state index in [0.29, 0.717) is 11.4 Å². The van der Waals surface area contributed by atoms with Crippen LogP contribution in [0.25, 0.3) is 11.8 Å². The smallest absolute Gasteiger partial charge is 0.293 e. The molecular weight excluding hydrogens is 332 g/mol. The Kier molecular flexibility index (Phi) is 4.60. The van der Waals surface area contributed by atoms with Gasteiger partial charge in [-0.15, -0.1) is 0 Å². The molecule has 3 rings (SSSR count). The number of amides is 2. The number of hydrogen-bond donors (Lipinski definition) is 0. The molecule has 0 saturated carbocycles. The van der Waals surface area contributed by atoms with Crippen molar-refractivity contribution in [1.82, 2.24) is 9.47 Å². The maximum Gasteiger partial charge on any atom is 0.293 e. The van der Waals surface area contributed by atoms with Crippen molar-refractivity contribution < 1.29 is 9.59 Å². The minimum atomic E-state index is -0.200. The van der Waals surface area contributed by atoms with Crippen LogP contribution < -0.4 is 0 Å². The molecule has 1 saturated heterocycles. The standard InChI is InChI=1S/C20H22N2O2S/c1-6-21-19(23)18(25-20(21)24)11-16-10-14(4)22(15(16)5)17-8-12(2)7-13(3)9-17/h7-11H,6H2,1-5H3. The first kappa shape index (κ1) is 17.5. The van der Waals surface area contributed by atoms with Crippen LogP contribution in [0, 0.1) is 27.7 Å². The summed E-state index contributed by atoms with van der Waals surface area (Å²) in [5.41, 5.74) is 6.68. The summed E-state index contributed by atoms with van der Waals surface area (Å²) in [7, 11) is 0. The molecule has 1 aromatic carbocycles. The van der Waals surface area contributed by atoms with Crippen LogP contribution in [-0.4, -0.2) is 27.2 Å². The van der Waals surface area contributed by atoms with E-state index < -0.39 is 0 Å². The van der Waals surface area contributed by atoms with Crippen molar-refractivity contribution in [3.05, 3.63) is 57.2 Å². The van der Waals surface area contributed by atoms with Crippen molar-refractivity contribution in [3.63, 3.8) is 0 Å². The SMILES string of the molecule is CCN1C(=O)SC(=Cc2cc(C)n(-c3cc(C)cc(C)c3)c2C)C1=O. The van der Waals surface area contributed by atoms with Crippen LogP contribution in [0.4, 0.5) is 4.79 Å². The monoisotopic (exact) mass is 354 g/mol. The third kappa shape index (κ3) is 3.16. The first-order chi connectivity index (χ1) is 11.8. The van der Waals surface area contributed by atoms with E-state index in [2.05, 4.69) is 49.6 Å². The van der Waals surface area contributed by atoms with Crippen molar-refractivity contribution in [2.24, 2.45) is 0 Å². The van der Waals surface area contributed by atoms with Crippen LogP contribution in [0.5, 0.6) is 0 Å². The van der Waals surface area contributed by atoms with Gasteiger partial charge in [-0.1, -0.05) is 6.07 Å². The first-order valence-electron chi connectivity index (χ1n) is 8.34. The van der Waals surface area contributed by atoms with E-state index in [1.807, 2.05) is 19.9 Å². The normalized spacial score (nSPS) is 16.4. The van der Waals surface area contributed by atoms with E-state index in [4.69, 9.17) is 0 Å². The number of nitrogens with zero attached hydrogens (tertiary/aromatic N) is 2. The highest BCUT2D eigenvalue weighted by Crippen LogP contribution is 2.33. The summed E-state index contributed by atoms with van der Waals surface area (Å²) in [6.45, 7) is 10.5. The molecule has 1 aliphatic rings. The average Bonchev–Trinajstić information content (AvgIpc) is 2.94. The summed E-state index contributed by atoms with van der Waals surface area (Å²) in [6, 6.07) is 8.52. The Bertz CT molecular complexity index is 888. The first-order valence-corrected chi connectivity index (χ1v) is 9.16. The van der Waals surface area contributed by atoms with Gasteiger partial charge in [-0.2, -0.15) is 0 Å². The second kappa shape index (κ2) is 6.56. The number of carbonyl (C=O) groups excluding carboxylic acids is 2. The molecule has 1 aromatic heterocycles. The molecule has 2 amide bonds. The summed E-state index contributed by atoms with van der Waals surface area (Å²) >= 11 is 1.02. The Morgan fingerprint density at radius 1 is 1.00 bits per heavy atom. The largest absolute Gasteiger partial charge is 0.318 e. The number of imide groups is 1. The van der Waals surface area contributed by atoms with E-state index >= 15 is 0 Å². The minimum Gasteiger partial charge on any atom is -0.318 e. The Balaban J connectivity index is 2.05. The highest BCUT2D eigenvalue weighted by Gasteiger charge is 2.33. The van der Waals surface area contributed by atoms with Gasteiger partial charge in [0.2, 0.25) is 0 Å². The minimum absolute atomic E-state index is 0.193. The highest BCUT2D eigenvalue weighted by atomic mass is 32.2. The lowest BCUT2D eigenvalue weighted by Crippen LogP contribution is -2.27. The zero-order chi connectivity index (χ0) is 18.3. The lowest BCUT2D eigenvalue weighted by Gasteiger charge is -2.12. The zero-order valence-corrected chi connectivity index (χ0v) is 16.0. The number of rotatable bonds is 3. The fourth-order valence-corrected chi connectivity index (χ4v) is 4.22. The van der Waals surface area contributed by atoms with Gasteiger partial charge in [-0.3, -0.25) is 14.5 Å². The van der Waals surface area contributed by atoms with Crippen LogP contribution in [-0.2, 0) is 4.79 Å². The van der Waals surface area contributed by atoms with E-state index in [0.717, 1.165) is 34.4 Å². The Morgan fingerprint density at radius 3 is 2.20 bits per heavy atom. The van der Waals surface area contributed by atoms with Crippen LogP contribution in [0.2, 0.25) is 0 Å². The van der Waals surface area contributed by atoms with Crippen molar-refractivity contribution in [1.29, 1.82) is 0 Å². The fraction of sp³-hybridized carbons (Fsp3) is 0.300. The number of aromatic nitrogens is 1. The molecule has 25 heavy (non-hydrogen) atoms. The Labute approximate surface area is 152 Å². The van der Waals surface area contributed by atoms with Crippen LogP contribution >= 0.6 is 11.8 Å². The van der Waals surface area contributed by atoms with Gasteiger partial charge in [0, 0.05) is 23.6 Å². The van der Waals surface area contributed by atoms with Crippen LogP contribution in [0.15, 0.2) is 29.2 Å². The number of hydrogen-bond acceptors (Lipinski definition) is 3. The summed E-state index contributed by atoms with van der Waals surface area (Å²) in [4.78, 5) is 26.0. The topological polar surface area (TPSA) is 42.3 Å². The van der Waals surface area contributed by atoms with Crippen LogP contribution in [0.3, 0.4) is 0 Å². The van der Waals surface area contributed by atoms with Gasteiger partial charge >= 0.3 is 0 Å². The fourth-order valence-electron chi connectivity index (χ4n) is 3.32. The average molecular weight is 354 g/mol. The third-order valence-electron chi connectivity index (χ3n) is 4.41. The van der Waals surface area contributed by atoms with Gasteiger partial charge in [0.1, 0.15) is 0 Å². The molecule has 0 bridgehead atoms. The van der Waals surface area contributed by atoms with Crippen molar-refractivity contribution >= 4 is 29.0 Å². The predicted molar refractivity (Wildman–Crippen MR) is 103 cm³/mol. The van der Waals surface area contributed by atoms with Gasteiger partial charge < -0.3 is 4.57 Å². The Hall–Kier alpha value is -2.27. The van der Waals surface area contributed by atoms with Gasteiger partial charge in [-0.25, -0.2) is 0 Å². The molecule has 0 unspecified atom stereocenters. The van der Waals surface area contributed by atoms with E-state index in [9.17, 15) is 9.59 Å².